The zero-order valence-electron chi connectivity index (χ0n) is 10.9. The van der Waals surface area contributed by atoms with Crippen LogP contribution in [0.3, 0.4) is 0 Å². The van der Waals surface area contributed by atoms with Gasteiger partial charge in [0.25, 0.3) is 0 Å². The summed E-state index contributed by atoms with van der Waals surface area (Å²) < 4.78 is 40.6. The lowest BCUT2D eigenvalue weighted by Crippen LogP contribution is -2.19. The molecule has 112 valence electrons. The van der Waals surface area contributed by atoms with Gasteiger partial charge < -0.3 is 10.1 Å². The number of nitro benzene ring substituents is 1. The van der Waals surface area contributed by atoms with Crippen molar-refractivity contribution in [2.75, 3.05) is 13.2 Å². The Bertz CT molecular complexity index is 464. The zero-order valence-corrected chi connectivity index (χ0v) is 10.9. The highest BCUT2D eigenvalue weighted by molar-refractivity contribution is 5.48. The number of halogens is 3. The Labute approximate surface area is 113 Å². The van der Waals surface area contributed by atoms with Crippen LogP contribution in [0.4, 0.5) is 18.9 Å². The van der Waals surface area contributed by atoms with Crippen LogP contribution < -0.4 is 10.1 Å². The lowest BCUT2D eigenvalue weighted by molar-refractivity contribution is -0.386. The molecule has 0 bridgehead atoms. The van der Waals surface area contributed by atoms with Crippen LogP contribution >= 0.6 is 0 Å². The van der Waals surface area contributed by atoms with Gasteiger partial charge in [0.15, 0.2) is 12.4 Å². The minimum absolute atomic E-state index is 0.383. The standard InChI is InChI=1S/C12H15F3N2O3/c1-2-5-16-7-9-3-4-11(10(6-9)17(18)19)20-8-12(13,14)15/h3-4,6,16H,2,5,7-8H2,1H3. The van der Waals surface area contributed by atoms with Gasteiger partial charge in [0, 0.05) is 12.6 Å². The van der Waals surface area contributed by atoms with Gasteiger partial charge in [-0.25, -0.2) is 0 Å². The Balaban J connectivity index is 2.82. The van der Waals surface area contributed by atoms with Crippen LogP contribution in [0.5, 0.6) is 5.75 Å². The van der Waals surface area contributed by atoms with Crippen LogP contribution in [0.2, 0.25) is 0 Å². The molecule has 0 saturated heterocycles. The molecule has 0 heterocycles. The summed E-state index contributed by atoms with van der Waals surface area (Å²) in [7, 11) is 0. The molecule has 0 radical (unpaired) electrons. The highest BCUT2D eigenvalue weighted by atomic mass is 19.4. The largest absolute Gasteiger partial charge is 0.477 e. The topological polar surface area (TPSA) is 64.4 Å². The van der Waals surface area contributed by atoms with Crippen molar-refractivity contribution < 1.29 is 22.8 Å². The molecule has 5 nitrogen and oxygen atoms in total. The highest BCUT2D eigenvalue weighted by Gasteiger charge is 2.30. The lowest BCUT2D eigenvalue weighted by atomic mass is 10.2. The SMILES string of the molecule is CCCNCc1ccc(OCC(F)(F)F)c([N+](=O)[O-])c1. The van der Waals surface area contributed by atoms with Crippen molar-refractivity contribution in [3.05, 3.63) is 33.9 Å². The van der Waals surface area contributed by atoms with Gasteiger partial charge in [-0.3, -0.25) is 10.1 Å². The summed E-state index contributed by atoms with van der Waals surface area (Å²) in [6.07, 6.45) is -3.62. The Hall–Kier alpha value is -1.83. The van der Waals surface area contributed by atoms with Crippen molar-refractivity contribution in [1.29, 1.82) is 0 Å². The summed E-state index contributed by atoms with van der Waals surface area (Å²) in [6.45, 7) is 1.58. The number of alkyl halides is 3. The van der Waals surface area contributed by atoms with Gasteiger partial charge in [0.1, 0.15) is 0 Å². The van der Waals surface area contributed by atoms with E-state index in [1.54, 1.807) is 0 Å². The lowest BCUT2D eigenvalue weighted by Gasteiger charge is -2.10. The number of nitro groups is 1. The van der Waals surface area contributed by atoms with E-state index < -0.39 is 23.4 Å². The molecule has 0 aliphatic heterocycles. The van der Waals surface area contributed by atoms with Gasteiger partial charge in [-0.15, -0.1) is 0 Å². The van der Waals surface area contributed by atoms with E-state index in [0.717, 1.165) is 13.0 Å². The Morgan fingerprint density at radius 2 is 2.10 bits per heavy atom. The fourth-order valence-electron chi connectivity index (χ4n) is 1.51. The van der Waals surface area contributed by atoms with Crippen LogP contribution in [0.25, 0.3) is 0 Å². The van der Waals surface area contributed by atoms with Gasteiger partial charge in [0.2, 0.25) is 0 Å². The molecular weight excluding hydrogens is 277 g/mol. The molecule has 8 heteroatoms. The number of rotatable bonds is 7. The maximum atomic E-state index is 12.1. The third-order valence-electron chi connectivity index (χ3n) is 2.37. The normalized spacial score (nSPS) is 11.4. The van der Waals surface area contributed by atoms with Crippen molar-refractivity contribution in [2.45, 2.75) is 26.1 Å². The molecule has 1 rings (SSSR count). The van der Waals surface area contributed by atoms with Gasteiger partial charge in [-0.2, -0.15) is 13.2 Å². The zero-order chi connectivity index (χ0) is 15.2. The van der Waals surface area contributed by atoms with Crippen molar-refractivity contribution in [3.63, 3.8) is 0 Å². The first-order chi connectivity index (χ1) is 9.33. The summed E-state index contributed by atoms with van der Waals surface area (Å²) in [5.41, 5.74) is 0.148. The van der Waals surface area contributed by atoms with Gasteiger partial charge in [0.05, 0.1) is 4.92 Å². The van der Waals surface area contributed by atoms with E-state index in [4.69, 9.17) is 0 Å². The van der Waals surface area contributed by atoms with Crippen molar-refractivity contribution >= 4 is 5.69 Å². The first kappa shape index (κ1) is 16.2. The average Bonchev–Trinajstić information content (AvgIpc) is 2.36. The number of nitrogens with one attached hydrogen (secondary N) is 1. The minimum Gasteiger partial charge on any atom is -0.477 e. The van der Waals surface area contributed by atoms with E-state index in [-0.39, 0.29) is 5.75 Å². The second kappa shape index (κ2) is 7.09. The molecule has 20 heavy (non-hydrogen) atoms. The fourth-order valence-corrected chi connectivity index (χ4v) is 1.51. The summed E-state index contributed by atoms with van der Waals surface area (Å²) in [5, 5.41) is 13.9. The van der Waals surface area contributed by atoms with Crippen molar-refractivity contribution in [1.82, 2.24) is 5.32 Å². The summed E-state index contributed by atoms with van der Waals surface area (Å²) in [6, 6.07) is 3.91. The van der Waals surface area contributed by atoms with Crippen LogP contribution in [0, 0.1) is 10.1 Å². The molecule has 0 unspecified atom stereocenters. The van der Waals surface area contributed by atoms with E-state index >= 15 is 0 Å². The molecule has 0 saturated carbocycles. The molecule has 0 spiro atoms. The first-order valence-electron chi connectivity index (χ1n) is 6.01. The third kappa shape index (κ3) is 5.43. The van der Waals surface area contributed by atoms with Crippen LogP contribution in [-0.2, 0) is 6.54 Å². The van der Waals surface area contributed by atoms with Crippen LogP contribution in [0.1, 0.15) is 18.9 Å². The Morgan fingerprint density at radius 1 is 1.40 bits per heavy atom. The van der Waals surface area contributed by atoms with Gasteiger partial charge in [-0.1, -0.05) is 13.0 Å². The predicted octanol–water partition coefficient (Wildman–Crippen LogP) is 3.04. The van der Waals surface area contributed by atoms with E-state index in [9.17, 15) is 23.3 Å². The van der Waals surface area contributed by atoms with E-state index in [1.807, 2.05) is 6.92 Å². The number of hydrogen-bond acceptors (Lipinski definition) is 4. The molecule has 0 atom stereocenters. The average molecular weight is 292 g/mol. The second-order valence-corrected chi connectivity index (χ2v) is 4.14. The maximum Gasteiger partial charge on any atom is 0.422 e. The van der Waals surface area contributed by atoms with Crippen molar-refractivity contribution in [3.8, 4) is 5.75 Å². The molecule has 1 N–H and O–H groups in total. The molecule has 0 aromatic heterocycles. The van der Waals surface area contributed by atoms with E-state index in [2.05, 4.69) is 10.1 Å². The summed E-state index contributed by atoms with van der Waals surface area (Å²) in [4.78, 5) is 10.1. The number of hydrogen-bond donors (Lipinski definition) is 1. The molecule has 0 fully saturated rings. The quantitative estimate of drug-likeness (QED) is 0.476. The van der Waals surface area contributed by atoms with Gasteiger partial charge >= 0.3 is 11.9 Å². The predicted molar refractivity (Wildman–Crippen MR) is 66.6 cm³/mol. The number of benzene rings is 1. The van der Waals surface area contributed by atoms with Gasteiger partial charge in [-0.05, 0) is 24.6 Å². The Kier molecular flexibility index (Phi) is 5.75. The number of ether oxygens (including phenoxy) is 1. The molecule has 1 aromatic rings. The highest BCUT2D eigenvalue weighted by Crippen LogP contribution is 2.29. The molecule has 0 aliphatic rings. The van der Waals surface area contributed by atoms with Crippen molar-refractivity contribution in [2.24, 2.45) is 0 Å². The molecule has 0 aliphatic carbocycles. The van der Waals surface area contributed by atoms with Crippen LogP contribution in [0.15, 0.2) is 18.2 Å². The minimum atomic E-state index is -4.53. The molecule has 0 amide bonds. The van der Waals surface area contributed by atoms with E-state index in [0.29, 0.717) is 12.1 Å². The molecular formula is C12H15F3N2O3. The number of nitrogens with zero attached hydrogens (tertiary/aromatic N) is 1. The third-order valence-corrected chi connectivity index (χ3v) is 2.37. The first-order valence-corrected chi connectivity index (χ1v) is 6.01. The second-order valence-electron chi connectivity index (χ2n) is 4.14. The maximum absolute atomic E-state index is 12.1. The Morgan fingerprint density at radius 3 is 2.65 bits per heavy atom. The summed E-state index contributed by atoms with van der Waals surface area (Å²) >= 11 is 0. The van der Waals surface area contributed by atoms with E-state index in [1.165, 1.54) is 18.2 Å². The summed E-state index contributed by atoms with van der Waals surface area (Å²) in [5.74, 6) is -0.383. The fraction of sp³-hybridized carbons (Fsp3) is 0.500. The monoisotopic (exact) mass is 292 g/mol. The van der Waals surface area contributed by atoms with Crippen LogP contribution in [-0.4, -0.2) is 24.3 Å². The smallest absolute Gasteiger partial charge is 0.422 e. The molecule has 1 aromatic carbocycles.